The lowest BCUT2D eigenvalue weighted by atomic mass is 10.3. The summed E-state index contributed by atoms with van der Waals surface area (Å²) in [7, 11) is 1.68. The highest BCUT2D eigenvalue weighted by Gasteiger charge is 2.15. The Kier molecular flexibility index (Phi) is 7.30. The van der Waals surface area contributed by atoms with Crippen LogP contribution in [-0.4, -0.2) is 32.3 Å². The van der Waals surface area contributed by atoms with Crippen LogP contribution in [0.3, 0.4) is 0 Å². The second-order valence-electron chi connectivity index (χ2n) is 6.16. The summed E-state index contributed by atoms with van der Waals surface area (Å²) < 4.78 is 15.3. The van der Waals surface area contributed by atoms with Gasteiger partial charge in [0.15, 0.2) is 5.16 Å². The Bertz CT molecular complexity index is 1070. The van der Waals surface area contributed by atoms with Gasteiger partial charge in [0, 0.05) is 22.8 Å². The number of halogens is 3. The Hall–Kier alpha value is -2.62. The third-order valence-electron chi connectivity index (χ3n) is 3.87. The van der Waals surface area contributed by atoms with Crippen LogP contribution in [0.25, 0.3) is 0 Å². The molecule has 2 aromatic carbocycles. The number of nitrogens with one attached hydrogen (secondary N) is 2. The van der Waals surface area contributed by atoms with E-state index in [4.69, 9.17) is 23.2 Å². The summed E-state index contributed by atoms with van der Waals surface area (Å²) in [6, 6.07) is 10.6. The standard InChI is InChI=1S/C19H16Cl2FN5O2S/c1-27-16(9-17(28)24-15-5-3-2-4-14(15)22)25-26-19(27)30-10-18(29)23-13-7-11(20)6-12(21)8-13/h2-8H,9-10H2,1H3,(H,23,29)(H,24,28). The van der Waals surface area contributed by atoms with E-state index in [1.54, 1.807) is 35.9 Å². The lowest BCUT2D eigenvalue weighted by Gasteiger charge is -2.07. The zero-order valence-corrected chi connectivity index (χ0v) is 18.0. The molecular weight excluding hydrogens is 452 g/mol. The van der Waals surface area contributed by atoms with Crippen LogP contribution >= 0.6 is 35.0 Å². The molecule has 156 valence electrons. The maximum atomic E-state index is 13.6. The minimum Gasteiger partial charge on any atom is -0.325 e. The molecule has 30 heavy (non-hydrogen) atoms. The molecule has 0 bridgehead atoms. The summed E-state index contributed by atoms with van der Waals surface area (Å²) in [6.45, 7) is 0. The molecule has 0 saturated carbocycles. The Morgan fingerprint density at radius 2 is 1.77 bits per heavy atom. The maximum Gasteiger partial charge on any atom is 0.234 e. The lowest BCUT2D eigenvalue weighted by Crippen LogP contribution is -2.18. The fourth-order valence-corrected chi connectivity index (χ4v) is 3.73. The van der Waals surface area contributed by atoms with Crippen molar-refractivity contribution in [2.24, 2.45) is 7.05 Å². The van der Waals surface area contributed by atoms with Gasteiger partial charge in [0.2, 0.25) is 11.8 Å². The van der Waals surface area contributed by atoms with Gasteiger partial charge in [0.1, 0.15) is 11.6 Å². The van der Waals surface area contributed by atoms with Crippen molar-refractivity contribution in [2.75, 3.05) is 16.4 Å². The molecule has 2 N–H and O–H groups in total. The third-order valence-corrected chi connectivity index (χ3v) is 5.33. The Morgan fingerprint density at radius 1 is 1.07 bits per heavy atom. The summed E-state index contributed by atoms with van der Waals surface area (Å²) >= 11 is 13.0. The van der Waals surface area contributed by atoms with Gasteiger partial charge in [-0.3, -0.25) is 9.59 Å². The average Bonchev–Trinajstić information content (AvgIpc) is 3.01. The maximum absolute atomic E-state index is 13.6. The zero-order valence-electron chi connectivity index (χ0n) is 15.7. The Morgan fingerprint density at radius 3 is 2.47 bits per heavy atom. The predicted molar refractivity (Wildman–Crippen MR) is 116 cm³/mol. The average molecular weight is 468 g/mol. The molecule has 0 aliphatic rings. The third kappa shape index (κ3) is 5.94. The molecule has 3 rings (SSSR count). The minimum absolute atomic E-state index is 0.0670. The number of para-hydroxylation sites is 1. The van der Waals surface area contributed by atoms with Crippen LogP contribution < -0.4 is 10.6 Å². The number of benzene rings is 2. The minimum atomic E-state index is -0.521. The van der Waals surface area contributed by atoms with Gasteiger partial charge in [-0.2, -0.15) is 0 Å². The van der Waals surface area contributed by atoms with Crippen molar-refractivity contribution in [2.45, 2.75) is 11.6 Å². The molecule has 0 unspecified atom stereocenters. The highest BCUT2D eigenvalue weighted by atomic mass is 35.5. The molecule has 0 saturated heterocycles. The van der Waals surface area contributed by atoms with E-state index in [1.807, 2.05) is 0 Å². The quantitative estimate of drug-likeness (QED) is 0.508. The van der Waals surface area contributed by atoms with Crippen LogP contribution in [0.4, 0.5) is 15.8 Å². The number of anilines is 2. The summed E-state index contributed by atoms with van der Waals surface area (Å²) in [5.74, 6) is -0.777. The number of hydrogen-bond donors (Lipinski definition) is 2. The largest absolute Gasteiger partial charge is 0.325 e. The number of carbonyl (C=O) groups is 2. The van der Waals surface area contributed by atoms with Crippen molar-refractivity contribution < 1.29 is 14.0 Å². The highest BCUT2D eigenvalue weighted by Crippen LogP contribution is 2.23. The fraction of sp³-hybridized carbons (Fsp3) is 0.158. The molecule has 0 spiro atoms. The van der Waals surface area contributed by atoms with Crippen LogP contribution in [0, 0.1) is 5.82 Å². The van der Waals surface area contributed by atoms with E-state index in [1.165, 1.54) is 18.2 Å². The molecule has 3 aromatic rings. The van der Waals surface area contributed by atoms with Gasteiger partial charge < -0.3 is 15.2 Å². The van der Waals surface area contributed by atoms with Crippen LogP contribution in [0.2, 0.25) is 10.0 Å². The second-order valence-corrected chi connectivity index (χ2v) is 7.97. The molecule has 11 heteroatoms. The Balaban J connectivity index is 1.55. The van der Waals surface area contributed by atoms with Gasteiger partial charge in [-0.05, 0) is 30.3 Å². The van der Waals surface area contributed by atoms with Crippen molar-refractivity contribution in [3.63, 3.8) is 0 Å². The first-order chi connectivity index (χ1) is 14.3. The van der Waals surface area contributed by atoms with Gasteiger partial charge in [-0.1, -0.05) is 47.1 Å². The first-order valence-electron chi connectivity index (χ1n) is 8.63. The van der Waals surface area contributed by atoms with Crippen molar-refractivity contribution in [3.8, 4) is 0 Å². The molecule has 1 heterocycles. The summed E-state index contributed by atoms with van der Waals surface area (Å²) in [5.41, 5.74) is 0.582. The summed E-state index contributed by atoms with van der Waals surface area (Å²) in [5, 5.41) is 14.5. The zero-order chi connectivity index (χ0) is 21.7. The lowest BCUT2D eigenvalue weighted by molar-refractivity contribution is -0.116. The van der Waals surface area contributed by atoms with Crippen LogP contribution in [0.1, 0.15) is 5.82 Å². The first kappa shape index (κ1) is 22.1. The molecule has 0 radical (unpaired) electrons. The van der Waals surface area contributed by atoms with E-state index in [2.05, 4.69) is 20.8 Å². The number of amides is 2. The number of rotatable bonds is 7. The first-order valence-corrected chi connectivity index (χ1v) is 10.4. The SMILES string of the molecule is Cn1c(CC(=O)Nc2ccccc2F)nnc1SCC(=O)Nc1cc(Cl)cc(Cl)c1. The number of carbonyl (C=O) groups excluding carboxylic acids is 2. The number of nitrogens with zero attached hydrogens (tertiary/aromatic N) is 3. The smallest absolute Gasteiger partial charge is 0.234 e. The molecule has 0 atom stereocenters. The number of hydrogen-bond acceptors (Lipinski definition) is 5. The van der Waals surface area contributed by atoms with Crippen LogP contribution in [0.5, 0.6) is 0 Å². The normalized spacial score (nSPS) is 10.7. The van der Waals surface area contributed by atoms with Crippen LogP contribution in [0.15, 0.2) is 47.6 Å². The van der Waals surface area contributed by atoms with Crippen molar-refractivity contribution >= 4 is 58.2 Å². The van der Waals surface area contributed by atoms with Crippen molar-refractivity contribution in [1.29, 1.82) is 0 Å². The van der Waals surface area contributed by atoms with Crippen LogP contribution in [-0.2, 0) is 23.1 Å². The summed E-state index contributed by atoms with van der Waals surface area (Å²) in [4.78, 5) is 24.3. The molecular formula is C19H16Cl2FN5O2S. The van der Waals surface area contributed by atoms with Gasteiger partial charge in [0.05, 0.1) is 17.9 Å². The van der Waals surface area contributed by atoms with E-state index in [9.17, 15) is 14.0 Å². The molecule has 1 aromatic heterocycles. The van der Waals surface area contributed by atoms with Gasteiger partial charge in [0.25, 0.3) is 0 Å². The Labute approximate surface area is 186 Å². The molecule has 7 nitrogen and oxygen atoms in total. The van der Waals surface area contributed by atoms with Gasteiger partial charge in [-0.25, -0.2) is 4.39 Å². The van der Waals surface area contributed by atoms with Gasteiger partial charge in [-0.15, -0.1) is 10.2 Å². The summed E-state index contributed by atoms with van der Waals surface area (Å²) in [6.07, 6.45) is -0.0917. The van der Waals surface area contributed by atoms with E-state index in [0.29, 0.717) is 26.7 Å². The molecule has 0 fully saturated rings. The molecule has 2 amide bonds. The molecule has 0 aliphatic heterocycles. The fourth-order valence-electron chi connectivity index (χ4n) is 2.48. The van der Waals surface area contributed by atoms with Crippen molar-refractivity contribution in [3.05, 3.63) is 64.2 Å². The number of thioether (sulfide) groups is 1. The number of aromatic nitrogens is 3. The van der Waals surface area contributed by atoms with Crippen molar-refractivity contribution in [1.82, 2.24) is 14.8 Å². The van der Waals surface area contributed by atoms with E-state index in [0.717, 1.165) is 11.8 Å². The highest BCUT2D eigenvalue weighted by molar-refractivity contribution is 7.99. The second kappa shape index (κ2) is 9.92. The van der Waals surface area contributed by atoms with E-state index in [-0.39, 0.29) is 23.8 Å². The topological polar surface area (TPSA) is 88.9 Å². The van der Waals surface area contributed by atoms with E-state index < -0.39 is 11.7 Å². The predicted octanol–water partition coefficient (Wildman–Crippen LogP) is 4.17. The van der Waals surface area contributed by atoms with Gasteiger partial charge >= 0.3 is 0 Å². The molecule has 0 aliphatic carbocycles. The van der Waals surface area contributed by atoms with E-state index >= 15 is 0 Å². The monoisotopic (exact) mass is 467 g/mol.